The molecule has 0 aromatic heterocycles. The van der Waals surface area contributed by atoms with Gasteiger partial charge in [0.25, 0.3) is 0 Å². The highest BCUT2D eigenvalue weighted by molar-refractivity contribution is 5.79. The van der Waals surface area contributed by atoms with E-state index < -0.39 is 0 Å². The Hall–Kier alpha value is -1.51. The van der Waals surface area contributed by atoms with Crippen molar-refractivity contribution in [3.8, 4) is 5.75 Å². The summed E-state index contributed by atoms with van der Waals surface area (Å²) in [6.45, 7) is 6.25. The first kappa shape index (κ1) is 13.9. The van der Waals surface area contributed by atoms with Crippen LogP contribution in [0.1, 0.15) is 32.3 Å². The molecule has 0 aliphatic carbocycles. The highest BCUT2D eigenvalue weighted by Crippen LogP contribution is 2.28. The molecule has 0 atom stereocenters. The highest BCUT2D eigenvalue weighted by atomic mass is 16.5. The Morgan fingerprint density at radius 3 is 2.58 bits per heavy atom. The maximum atomic E-state index is 12.3. The minimum Gasteiger partial charge on any atom is -0.497 e. The summed E-state index contributed by atoms with van der Waals surface area (Å²) in [5, 5.41) is 0. The van der Waals surface area contributed by atoms with Crippen molar-refractivity contribution in [2.45, 2.75) is 33.1 Å². The average molecular weight is 261 g/mol. The van der Waals surface area contributed by atoms with E-state index in [2.05, 4.69) is 13.8 Å². The van der Waals surface area contributed by atoms with Gasteiger partial charge in [-0.05, 0) is 36.0 Å². The van der Waals surface area contributed by atoms with Crippen LogP contribution in [-0.2, 0) is 11.2 Å². The van der Waals surface area contributed by atoms with Gasteiger partial charge in [0.1, 0.15) is 5.75 Å². The zero-order chi connectivity index (χ0) is 13.9. The van der Waals surface area contributed by atoms with Crippen molar-refractivity contribution in [3.63, 3.8) is 0 Å². The van der Waals surface area contributed by atoms with Crippen LogP contribution in [0.25, 0.3) is 0 Å². The quantitative estimate of drug-likeness (QED) is 0.837. The lowest BCUT2D eigenvalue weighted by atomic mass is 9.84. The Kier molecular flexibility index (Phi) is 4.13. The van der Waals surface area contributed by atoms with Crippen LogP contribution in [0.4, 0.5) is 0 Å². The average Bonchev–Trinajstić information content (AvgIpc) is 2.38. The molecule has 104 valence electrons. The van der Waals surface area contributed by atoms with Gasteiger partial charge in [-0.25, -0.2) is 0 Å². The van der Waals surface area contributed by atoms with Crippen molar-refractivity contribution >= 4 is 5.91 Å². The molecule has 3 heteroatoms. The van der Waals surface area contributed by atoms with Crippen molar-refractivity contribution in [1.29, 1.82) is 0 Å². The molecule has 1 saturated heterocycles. The first-order valence-corrected chi connectivity index (χ1v) is 6.91. The van der Waals surface area contributed by atoms with Crippen LogP contribution in [-0.4, -0.2) is 31.0 Å². The number of carbonyl (C=O) groups excluding carboxylic acids is 1. The van der Waals surface area contributed by atoms with E-state index >= 15 is 0 Å². The Balaban J connectivity index is 1.96. The van der Waals surface area contributed by atoms with Crippen LogP contribution in [0.15, 0.2) is 24.3 Å². The molecule has 1 aromatic carbocycles. The van der Waals surface area contributed by atoms with Crippen LogP contribution in [0.3, 0.4) is 0 Å². The molecule has 1 aliphatic heterocycles. The van der Waals surface area contributed by atoms with Crippen molar-refractivity contribution in [3.05, 3.63) is 29.8 Å². The summed E-state index contributed by atoms with van der Waals surface area (Å²) in [6, 6.07) is 7.74. The van der Waals surface area contributed by atoms with Gasteiger partial charge in [-0.1, -0.05) is 26.0 Å². The SMILES string of the molecule is COc1ccc(CC(=O)N2CCCC(C)(C)C2)cc1. The number of likely N-dealkylation sites (tertiary alicyclic amines) is 1. The third kappa shape index (κ3) is 3.72. The highest BCUT2D eigenvalue weighted by Gasteiger charge is 2.28. The van der Waals surface area contributed by atoms with Crippen LogP contribution < -0.4 is 4.74 Å². The zero-order valence-electron chi connectivity index (χ0n) is 12.1. The molecule has 2 rings (SSSR count). The van der Waals surface area contributed by atoms with Gasteiger partial charge in [0, 0.05) is 13.1 Å². The van der Waals surface area contributed by atoms with Crippen molar-refractivity contribution in [2.75, 3.05) is 20.2 Å². The van der Waals surface area contributed by atoms with Crippen LogP contribution in [0.5, 0.6) is 5.75 Å². The summed E-state index contributed by atoms with van der Waals surface area (Å²) < 4.78 is 5.12. The fraction of sp³-hybridized carbons (Fsp3) is 0.562. The predicted molar refractivity (Wildman–Crippen MR) is 76.3 cm³/mol. The largest absolute Gasteiger partial charge is 0.497 e. The van der Waals surface area contributed by atoms with E-state index in [1.165, 1.54) is 6.42 Å². The van der Waals surface area contributed by atoms with E-state index in [4.69, 9.17) is 4.74 Å². The number of benzene rings is 1. The Morgan fingerprint density at radius 2 is 2.00 bits per heavy atom. The summed E-state index contributed by atoms with van der Waals surface area (Å²) in [7, 11) is 1.65. The summed E-state index contributed by atoms with van der Waals surface area (Å²) in [6.07, 6.45) is 2.81. The first-order chi connectivity index (χ1) is 9.00. The van der Waals surface area contributed by atoms with Crippen LogP contribution in [0, 0.1) is 5.41 Å². The number of piperidine rings is 1. The van der Waals surface area contributed by atoms with E-state index in [-0.39, 0.29) is 11.3 Å². The third-order valence-corrected chi connectivity index (χ3v) is 3.77. The van der Waals surface area contributed by atoms with Gasteiger partial charge in [-0.2, -0.15) is 0 Å². The Labute approximate surface area is 115 Å². The monoisotopic (exact) mass is 261 g/mol. The van der Waals surface area contributed by atoms with E-state index in [0.717, 1.165) is 30.8 Å². The minimum absolute atomic E-state index is 0.234. The number of amides is 1. The predicted octanol–water partition coefficient (Wildman–Crippen LogP) is 2.89. The number of carbonyl (C=O) groups is 1. The fourth-order valence-corrected chi connectivity index (χ4v) is 2.67. The lowest BCUT2D eigenvalue weighted by molar-refractivity contribution is -0.133. The van der Waals surface area contributed by atoms with E-state index in [1.807, 2.05) is 29.2 Å². The van der Waals surface area contributed by atoms with Gasteiger partial charge >= 0.3 is 0 Å². The summed E-state index contributed by atoms with van der Waals surface area (Å²) in [5.41, 5.74) is 1.31. The first-order valence-electron chi connectivity index (χ1n) is 6.91. The Bertz CT molecular complexity index is 437. The second-order valence-electron chi connectivity index (χ2n) is 6.11. The molecule has 3 nitrogen and oxygen atoms in total. The van der Waals surface area contributed by atoms with E-state index in [1.54, 1.807) is 7.11 Å². The van der Waals surface area contributed by atoms with Crippen LogP contribution in [0.2, 0.25) is 0 Å². The maximum absolute atomic E-state index is 12.3. The van der Waals surface area contributed by atoms with Crippen LogP contribution >= 0.6 is 0 Å². The topological polar surface area (TPSA) is 29.5 Å². The van der Waals surface area contributed by atoms with Gasteiger partial charge in [-0.15, -0.1) is 0 Å². The molecule has 0 saturated carbocycles. The maximum Gasteiger partial charge on any atom is 0.227 e. The van der Waals surface area contributed by atoms with Gasteiger partial charge in [0.05, 0.1) is 13.5 Å². The molecule has 19 heavy (non-hydrogen) atoms. The number of rotatable bonds is 3. The minimum atomic E-state index is 0.234. The number of nitrogens with zero attached hydrogens (tertiary/aromatic N) is 1. The summed E-state index contributed by atoms with van der Waals surface area (Å²) in [5.74, 6) is 1.06. The molecular weight excluding hydrogens is 238 g/mol. The number of methoxy groups -OCH3 is 1. The summed E-state index contributed by atoms with van der Waals surface area (Å²) in [4.78, 5) is 14.3. The van der Waals surface area contributed by atoms with Crippen molar-refractivity contribution in [2.24, 2.45) is 5.41 Å². The molecule has 1 fully saturated rings. The smallest absolute Gasteiger partial charge is 0.227 e. The van der Waals surface area contributed by atoms with Gasteiger partial charge in [-0.3, -0.25) is 4.79 Å². The molecule has 1 amide bonds. The molecule has 1 heterocycles. The van der Waals surface area contributed by atoms with Gasteiger partial charge < -0.3 is 9.64 Å². The van der Waals surface area contributed by atoms with Crippen molar-refractivity contribution < 1.29 is 9.53 Å². The summed E-state index contributed by atoms with van der Waals surface area (Å²) >= 11 is 0. The molecule has 0 unspecified atom stereocenters. The van der Waals surface area contributed by atoms with E-state index in [9.17, 15) is 4.79 Å². The fourth-order valence-electron chi connectivity index (χ4n) is 2.67. The normalized spacial score (nSPS) is 18.2. The number of hydrogen-bond donors (Lipinski definition) is 0. The number of hydrogen-bond acceptors (Lipinski definition) is 2. The van der Waals surface area contributed by atoms with Crippen molar-refractivity contribution in [1.82, 2.24) is 4.90 Å². The van der Waals surface area contributed by atoms with Gasteiger partial charge in [0.15, 0.2) is 0 Å². The second kappa shape index (κ2) is 5.64. The molecule has 1 aliphatic rings. The van der Waals surface area contributed by atoms with Gasteiger partial charge in [0.2, 0.25) is 5.91 Å². The molecular formula is C16H23NO2. The molecule has 0 radical (unpaired) electrons. The second-order valence-corrected chi connectivity index (χ2v) is 6.11. The third-order valence-electron chi connectivity index (χ3n) is 3.77. The lowest BCUT2D eigenvalue weighted by Gasteiger charge is -2.38. The molecule has 1 aromatic rings. The molecule has 0 spiro atoms. The zero-order valence-corrected chi connectivity index (χ0v) is 12.1. The Morgan fingerprint density at radius 1 is 1.32 bits per heavy atom. The lowest BCUT2D eigenvalue weighted by Crippen LogP contribution is -2.44. The number of ether oxygens (including phenoxy) is 1. The molecule has 0 N–H and O–H groups in total. The standard InChI is InChI=1S/C16H23NO2/c1-16(2)9-4-10-17(12-16)15(18)11-13-5-7-14(19-3)8-6-13/h5-8H,4,9-12H2,1-3H3. The van der Waals surface area contributed by atoms with E-state index in [0.29, 0.717) is 6.42 Å². The molecule has 0 bridgehead atoms.